The fourth-order valence-electron chi connectivity index (χ4n) is 7.26. The number of carbonyl (C=O) groups is 1. The lowest BCUT2D eigenvalue weighted by atomic mass is 9.87. The molecule has 2 fully saturated rings. The Bertz CT molecular complexity index is 1700. The van der Waals surface area contributed by atoms with Gasteiger partial charge < -0.3 is 24.2 Å². The summed E-state index contributed by atoms with van der Waals surface area (Å²) in [5.74, 6) is 1.24. The SMILES string of the molecule is C=C(C(=O)N(CCO)c1cnc2c(c1)nc(-c1nn(COCC[Si](C)(C)C)c3c1C[C@@H]1C[C@]1(C)C3)n2COCC[Si](C)(C)C)C1CCOCC1. The van der Waals surface area contributed by atoms with Crippen molar-refractivity contribution in [1.29, 1.82) is 0 Å². The molecule has 6 rings (SSSR count). The minimum atomic E-state index is -1.29. The van der Waals surface area contributed by atoms with Gasteiger partial charge in [-0.15, -0.1) is 0 Å². The van der Waals surface area contributed by atoms with Gasteiger partial charge in [0.25, 0.3) is 5.91 Å². The number of pyridine rings is 1. The molecule has 4 heterocycles. The van der Waals surface area contributed by atoms with Gasteiger partial charge in [0.2, 0.25) is 0 Å². The predicted octanol–water partition coefficient (Wildman–Crippen LogP) is 6.35. The Balaban J connectivity index is 1.36. The lowest BCUT2D eigenvalue weighted by Crippen LogP contribution is -2.37. The van der Waals surface area contributed by atoms with E-state index in [4.69, 9.17) is 29.3 Å². The molecule has 274 valence electrons. The van der Waals surface area contributed by atoms with Crippen molar-refractivity contribution in [2.24, 2.45) is 17.3 Å². The van der Waals surface area contributed by atoms with Crippen molar-refractivity contribution in [2.75, 3.05) is 44.5 Å². The van der Waals surface area contributed by atoms with Crippen molar-refractivity contribution in [3.63, 3.8) is 0 Å². The molecule has 1 saturated carbocycles. The van der Waals surface area contributed by atoms with Gasteiger partial charge in [-0.3, -0.25) is 9.36 Å². The Kier molecular flexibility index (Phi) is 10.9. The largest absolute Gasteiger partial charge is 0.395 e. The number of aliphatic hydroxyl groups is 1. The van der Waals surface area contributed by atoms with Crippen molar-refractivity contribution < 1.29 is 24.1 Å². The number of nitrogens with zero attached hydrogens (tertiary/aromatic N) is 6. The highest BCUT2D eigenvalue weighted by Crippen LogP contribution is 2.60. The van der Waals surface area contributed by atoms with E-state index in [1.54, 1.807) is 11.1 Å². The third-order valence-electron chi connectivity index (χ3n) is 10.8. The number of anilines is 1. The van der Waals surface area contributed by atoms with Gasteiger partial charge in [-0.05, 0) is 67.5 Å². The Morgan fingerprint density at radius 1 is 1.10 bits per heavy atom. The lowest BCUT2D eigenvalue weighted by Gasteiger charge is -2.28. The molecule has 1 aliphatic heterocycles. The molecule has 0 spiro atoms. The van der Waals surface area contributed by atoms with Crippen LogP contribution in [0.4, 0.5) is 5.69 Å². The van der Waals surface area contributed by atoms with Gasteiger partial charge in [0.15, 0.2) is 11.5 Å². The molecule has 50 heavy (non-hydrogen) atoms. The number of rotatable bonds is 16. The smallest absolute Gasteiger partial charge is 0.254 e. The quantitative estimate of drug-likeness (QED) is 0.103. The number of carbonyl (C=O) groups excluding carboxylic acids is 1. The number of fused-ring (bicyclic) bond motifs is 3. The molecule has 2 aliphatic carbocycles. The van der Waals surface area contributed by atoms with Gasteiger partial charge in [0, 0.05) is 66.0 Å². The average Bonchev–Trinajstić information content (AvgIpc) is 3.43. The van der Waals surface area contributed by atoms with Crippen molar-refractivity contribution in [1.82, 2.24) is 24.3 Å². The molecule has 1 N–H and O–H groups in total. The normalized spacial score (nSPS) is 20.9. The molecule has 0 aromatic carbocycles. The van der Waals surface area contributed by atoms with Gasteiger partial charge in [0.1, 0.15) is 24.7 Å². The van der Waals surface area contributed by atoms with E-state index in [9.17, 15) is 9.90 Å². The molecule has 11 nitrogen and oxygen atoms in total. The molecule has 2 atom stereocenters. The van der Waals surface area contributed by atoms with Crippen LogP contribution in [0.3, 0.4) is 0 Å². The molecule has 3 aliphatic rings. The van der Waals surface area contributed by atoms with Gasteiger partial charge in [-0.1, -0.05) is 52.8 Å². The Morgan fingerprint density at radius 2 is 1.78 bits per heavy atom. The number of aromatic nitrogens is 5. The molecule has 3 aromatic heterocycles. The van der Waals surface area contributed by atoms with Crippen LogP contribution in [0.15, 0.2) is 24.4 Å². The number of aliphatic hydroxyl groups excluding tert-OH is 1. The monoisotopic (exact) mass is 722 g/mol. The van der Waals surface area contributed by atoms with Crippen LogP contribution in [-0.4, -0.2) is 91.1 Å². The number of hydrogen-bond acceptors (Lipinski definition) is 8. The van der Waals surface area contributed by atoms with E-state index >= 15 is 0 Å². The lowest BCUT2D eigenvalue weighted by molar-refractivity contribution is -0.116. The van der Waals surface area contributed by atoms with Crippen LogP contribution in [0.1, 0.15) is 37.4 Å². The number of imidazole rings is 1. The molecular formula is C37H58N6O5Si2. The Labute approximate surface area is 299 Å². The van der Waals surface area contributed by atoms with Crippen molar-refractivity contribution in [3.8, 4) is 11.5 Å². The fourth-order valence-corrected chi connectivity index (χ4v) is 8.77. The molecule has 0 bridgehead atoms. The van der Waals surface area contributed by atoms with Crippen molar-refractivity contribution in [2.45, 2.75) is 104 Å². The van der Waals surface area contributed by atoms with Crippen molar-refractivity contribution in [3.05, 3.63) is 35.7 Å². The van der Waals surface area contributed by atoms with E-state index < -0.39 is 16.1 Å². The van der Waals surface area contributed by atoms with Crippen LogP contribution in [0, 0.1) is 17.3 Å². The minimum Gasteiger partial charge on any atom is -0.395 e. The fraction of sp³-hybridized carbons (Fsp3) is 0.676. The van der Waals surface area contributed by atoms with E-state index in [0.29, 0.717) is 67.0 Å². The molecule has 1 amide bonds. The zero-order chi connectivity index (χ0) is 35.8. The second kappa shape index (κ2) is 14.7. The van der Waals surface area contributed by atoms with E-state index in [2.05, 4.69) is 57.5 Å². The predicted molar refractivity (Wildman–Crippen MR) is 203 cm³/mol. The highest BCUT2D eigenvalue weighted by molar-refractivity contribution is 6.76. The van der Waals surface area contributed by atoms with Crippen LogP contribution >= 0.6 is 0 Å². The summed E-state index contributed by atoms with van der Waals surface area (Å²) in [6.07, 6.45) is 6.42. The highest BCUT2D eigenvalue weighted by atomic mass is 28.3. The third-order valence-corrected chi connectivity index (χ3v) is 14.2. The van der Waals surface area contributed by atoms with Crippen LogP contribution in [-0.2, 0) is 45.3 Å². The summed E-state index contributed by atoms with van der Waals surface area (Å²) >= 11 is 0. The zero-order valence-corrected chi connectivity index (χ0v) is 33.4. The second-order valence-electron chi connectivity index (χ2n) is 17.4. The topological polar surface area (TPSA) is 117 Å². The number of hydrogen-bond donors (Lipinski definition) is 1. The van der Waals surface area contributed by atoms with Crippen LogP contribution in [0.5, 0.6) is 0 Å². The summed E-state index contributed by atoms with van der Waals surface area (Å²) in [7, 11) is -2.51. The first-order chi connectivity index (χ1) is 23.7. The Hall–Kier alpha value is -2.69. The minimum absolute atomic E-state index is 0.0578. The first-order valence-corrected chi connectivity index (χ1v) is 25.9. The van der Waals surface area contributed by atoms with Crippen LogP contribution < -0.4 is 4.90 Å². The number of amides is 1. The average molecular weight is 723 g/mol. The first-order valence-electron chi connectivity index (χ1n) is 18.5. The Morgan fingerprint density at radius 3 is 2.44 bits per heavy atom. The van der Waals surface area contributed by atoms with Gasteiger partial charge >= 0.3 is 0 Å². The molecule has 0 unspecified atom stereocenters. The maximum atomic E-state index is 13.8. The van der Waals surface area contributed by atoms with Gasteiger partial charge in [-0.25, -0.2) is 14.6 Å². The van der Waals surface area contributed by atoms with Gasteiger partial charge in [-0.2, -0.15) is 5.10 Å². The van der Waals surface area contributed by atoms with E-state index in [0.717, 1.165) is 55.9 Å². The van der Waals surface area contributed by atoms with E-state index in [1.165, 1.54) is 17.7 Å². The zero-order valence-electron chi connectivity index (χ0n) is 31.4. The third kappa shape index (κ3) is 8.34. The summed E-state index contributed by atoms with van der Waals surface area (Å²) in [5.41, 5.74) is 6.16. The molecule has 13 heteroatoms. The summed E-state index contributed by atoms with van der Waals surface area (Å²) in [4.78, 5) is 25.5. The second-order valence-corrected chi connectivity index (χ2v) is 28.6. The van der Waals surface area contributed by atoms with E-state index in [-0.39, 0.29) is 25.0 Å². The van der Waals surface area contributed by atoms with Crippen molar-refractivity contribution >= 4 is 38.9 Å². The maximum absolute atomic E-state index is 13.8. The molecule has 3 aromatic rings. The number of ether oxygens (including phenoxy) is 3. The van der Waals surface area contributed by atoms with E-state index in [1.807, 2.05) is 10.6 Å². The molecular weight excluding hydrogens is 665 g/mol. The molecule has 0 radical (unpaired) electrons. The summed E-state index contributed by atoms with van der Waals surface area (Å²) in [6, 6.07) is 4.07. The van der Waals surface area contributed by atoms with Crippen LogP contribution in [0.25, 0.3) is 22.7 Å². The summed E-state index contributed by atoms with van der Waals surface area (Å²) in [6.45, 7) is 24.1. The highest BCUT2D eigenvalue weighted by Gasteiger charge is 2.54. The summed E-state index contributed by atoms with van der Waals surface area (Å²) in [5, 5.41) is 15.2. The van der Waals surface area contributed by atoms with Gasteiger partial charge in [0.05, 0.1) is 18.5 Å². The first kappa shape index (κ1) is 37.1. The maximum Gasteiger partial charge on any atom is 0.254 e. The summed E-state index contributed by atoms with van der Waals surface area (Å²) < 4.78 is 22.2. The standard InChI is InChI=1S/C37H58N6O5Si2/c1-26(27-9-13-46-14-10-27)36(45)41(11-12-44)29-20-31-34(38-23-29)42(24-47-15-17-49(3,4)5)35(39-31)33-30-19-28-21-37(28,2)22-32(30)43(40-33)25-48-16-18-50(6,7)8/h20,23,27-28,44H,1,9-19,21-22,24-25H2,2-8H3/t28-,37-/m1/s1. The van der Waals surface area contributed by atoms with Crippen LogP contribution in [0.2, 0.25) is 51.4 Å². The molecule has 1 saturated heterocycles.